The molecule has 18 heavy (non-hydrogen) atoms. The third-order valence-corrected chi connectivity index (χ3v) is 5.03. The van der Waals surface area contributed by atoms with Gasteiger partial charge in [0.05, 0.1) is 0 Å². The van der Waals surface area contributed by atoms with Crippen molar-refractivity contribution in [1.29, 1.82) is 0 Å². The lowest BCUT2D eigenvalue weighted by Gasteiger charge is -2.05. The highest BCUT2D eigenvalue weighted by molar-refractivity contribution is 6.01. The van der Waals surface area contributed by atoms with Gasteiger partial charge in [0.15, 0.2) is 5.78 Å². The summed E-state index contributed by atoms with van der Waals surface area (Å²) in [4.78, 5) is 12.6. The molecule has 0 aromatic heterocycles. The van der Waals surface area contributed by atoms with Gasteiger partial charge < -0.3 is 0 Å². The molecule has 0 N–H and O–H groups in total. The van der Waals surface area contributed by atoms with Crippen LogP contribution in [0.3, 0.4) is 0 Å². The smallest absolute Gasteiger partial charge is 0.167 e. The Morgan fingerprint density at radius 3 is 2.28 bits per heavy atom. The highest BCUT2D eigenvalue weighted by Gasteiger charge is 2.67. The molecular formula is C17H24O. The molecule has 1 nitrogen and oxygen atoms in total. The summed E-state index contributed by atoms with van der Waals surface area (Å²) in [7, 11) is 0. The SMILES string of the molecule is CCCc1cccc(C(=O)C2C(C)(C)C2(C)C)c1. The Kier molecular flexibility index (Phi) is 3.12. The third kappa shape index (κ3) is 1.90. The summed E-state index contributed by atoms with van der Waals surface area (Å²) in [6.07, 6.45) is 2.18. The first kappa shape index (κ1) is 13.3. The minimum absolute atomic E-state index is 0.130. The van der Waals surface area contributed by atoms with Crippen LogP contribution in [0.15, 0.2) is 24.3 Å². The maximum absolute atomic E-state index is 12.6. The Morgan fingerprint density at radius 1 is 1.17 bits per heavy atom. The number of hydrogen-bond donors (Lipinski definition) is 0. The summed E-state index contributed by atoms with van der Waals surface area (Å²) >= 11 is 0. The van der Waals surface area contributed by atoms with Crippen LogP contribution in [0.2, 0.25) is 0 Å². The molecular weight excluding hydrogens is 220 g/mol. The van der Waals surface area contributed by atoms with Gasteiger partial charge in [-0.1, -0.05) is 59.2 Å². The molecule has 1 fully saturated rings. The van der Waals surface area contributed by atoms with E-state index in [2.05, 4.69) is 46.8 Å². The lowest BCUT2D eigenvalue weighted by atomic mass is 9.98. The molecule has 0 bridgehead atoms. The summed E-state index contributed by atoms with van der Waals surface area (Å²) < 4.78 is 0. The number of hydrogen-bond acceptors (Lipinski definition) is 1. The first-order valence-corrected chi connectivity index (χ1v) is 6.95. The quantitative estimate of drug-likeness (QED) is 0.712. The lowest BCUT2D eigenvalue weighted by molar-refractivity contribution is 0.0945. The Hall–Kier alpha value is -1.11. The van der Waals surface area contributed by atoms with Gasteiger partial charge in [0.25, 0.3) is 0 Å². The van der Waals surface area contributed by atoms with E-state index < -0.39 is 0 Å². The van der Waals surface area contributed by atoms with Gasteiger partial charge in [0, 0.05) is 11.5 Å². The van der Waals surface area contributed by atoms with E-state index in [4.69, 9.17) is 0 Å². The van der Waals surface area contributed by atoms with Gasteiger partial charge >= 0.3 is 0 Å². The molecule has 0 amide bonds. The van der Waals surface area contributed by atoms with E-state index in [-0.39, 0.29) is 16.7 Å². The molecule has 98 valence electrons. The van der Waals surface area contributed by atoms with Crippen LogP contribution in [0.1, 0.15) is 57.0 Å². The van der Waals surface area contributed by atoms with Crippen molar-refractivity contribution in [1.82, 2.24) is 0 Å². The van der Waals surface area contributed by atoms with Crippen molar-refractivity contribution in [3.05, 3.63) is 35.4 Å². The van der Waals surface area contributed by atoms with Crippen LogP contribution >= 0.6 is 0 Å². The predicted molar refractivity (Wildman–Crippen MR) is 75.8 cm³/mol. The molecule has 1 saturated carbocycles. The maximum Gasteiger partial charge on any atom is 0.167 e. The first-order chi connectivity index (χ1) is 8.32. The van der Waals surface area contributed by atoms with Crippen molar-refractivity contribution in [3.8, 4) is 0 Å². The predicted octanol–water partition coefficient (Wildman–Crippen LogP) is 4.50. The average Bonchev–Trinajstić information content (AvgIpc) is 2.69. The number of benzene rings is 1. The van der Waals surface area contributed by atoms with Gasteiger partial charge in [-0.3, -0.25) is 4.79 Å². The summed E-state index contributed by atoms with van der Waals surface area (Å²) in [5, 5.41) is 0. The number of aryl methyl sites for hydroxylation is 1. The first-order valence-electron chi connectivity index (χ1n) is 6.95. The van der Waals surface area contributed by atoms with Gasteiger partial charge in [0.1, 0.15) is 0 Å². The van der Waals surface area contributed by atoms with Gasteiger partial charge in [-0.2, -0.15) is 0 Å². The minimum atomic E-state index is 0.130. The fraction of sp³-hybridized carbons (Fsp3) is 0.588. The van der Waals surface area contributed by atoms with Crippen LogP contribution in [-0.4, -0.2) is 5.78 Å². The number of ketones is 1. The molecule has 1 aliphatic carbocycles. The topological polar surface area (TPSA) is 17.1 Å². The molecule has 0 heterocycles. The van der Waals surface area contributed by atoms with Crippen molar-refractivity contribution >= 4 is 5.78 Å². The largest absolute Gasteiger partial charge is 0.294 e. The zero-order chi connectivity index (χ0) is 13.6. The monoisotopic (exact) mass is 244 g/mol. The zero-order valence-electron chi connectivity index (χ0n) is 12.2. The second kappa shape index (κ2) is 4.22. The van der Waals surface area contributed by atoms with Crippen molar-refractivity contribution < 1.29 is 4.79 Å². The van der Waals surface area contributed by atoms with E-state index in [9.17, 15) is 4.79 Å². The molecule has 0 atom stereocenters. The molecule has 1 aromatic rings. The minimum Gasteiger partial charge on any atom is -0.294 e. The van der Waals surface area contributed by atoms with E-state index in [1.807, 2.05) is 12.1 Å². The lowest BCUT2D eigenvalue weighted by Crippen LogP contribution is -2.07. The van der Waals surface area contributed by atoms with Gasteiger partial charge in [-0.25, -0.2) is 0 Å². The standard InChI is InChI=1S/C17H24O/c1-6-8-12-9-7-10-13(11-12)14(18)15-16(2,3)17(15,4)5/h7,9-11,15H,6,8H2,1-5H3. The summed E-state index contributed by atoms with van der Waals surface area (Å²) in [5.74, 6) is 0.491. The second-order valence-corrected chi connectivity index (χ2v) is 6.69. The van der Waals surface area contributed by atoms with Crippen molar-refractivity contribution in [2.24, 2.45) is 16.7 Å². The molecule has 0 saturated heterocycles. The number of carbonyl (C=O) groups is 1. The average molecular weight is 244 g/mol. The van der Waals surface area contributed by atoms with E-state index in [0.29, 0.717) is 5.78 Å². The second-order valence-electron chi connectivity index (χ2n) is 6.69. The highest BCUT2D eigenvalue weighted by Crippen LogP contribution is 2.69. The summed E-state index contributed by atoms with van der Waals surface area (Å²) in [6.45, 7) is 11.0. The van der Waals surface area contributed by atoms with Gasteiger partial charge in [0.2, 0.25) is 0 Å². The van der Waals surface area contributed by atoms with Crippen LogP contribution in [0.4, 0.5) is 0 Å². The van der Waals surface area contributed by atoms with Gasteiger partial charge in [-0.15, -0.1) is 0 Å². The molecule has 1 aliphatic rings. The van der Waals surface area contributed by atoms with Crippen LogP contribution in [-0.2, 0) is 6.42 Å². The van der Waals surface area contributed by atoms with Crippen LogP contribution in [0.25, 0.3) is 0 Å². The normalized spacial score (nSPS) is 20.7. The Balaban J connectivity index is 2.23. The van der Waals surface area contributed by atoms with Gasteiger partial charge in [-0.05, 0) is 28.9 Å². The third-order valence-electron chi connectivity index (χ3n) is 5.03. The Labute approximate surface area is 111 Å². The molecule has 0 spiro atoms. The summed E-state index contributed by atoms with van der Waals surface area (Å²) in [6, 6.07) is 8.17. The fourth-order valence-electron chi connectivity index (χ4n) is 3.19. The number of carbonyl (C=O) groups excluding carboxylic acids is 1. The Bertz CT molecular complexity index is 454. The van der Waals surface area contributed by atoms with Crippen molar-refractivity contribution in [2.75, 3.05) is 0 Å². The maximum atomic E-state index is 12.6. The number of Topliss-reactive ketones (excluding diaryl/α,β-unsaturated/α-hetero) is 1. The Morgan fingerprint density at radius 2 is 1.78 bits per heavy atom. The summed E-state index contributed by atoms with van der Waals surface area (Å²) in [5.41, 5.74) is 2.43. The van der Waals surface area contributed by atoms with Crippen LogP contribution in [0, 0.1) is 16.7 Å². The zero-order valence-corrected chi connectivity index (χ0v) is 12.2. The van der Waals surface area contributed by atoms with Crippen molar-refractivity contribution in [3.63, 3.8) is 0 Å². The molecule has 0 unspecified atom stereocenters. The highest BCUT2D eigenvalue weighted by atomic mass is 16.1. The number of rotatable bonds is 4. The molecule has 0 radical (unpaired) electrons. The van der Waals surface area contributed by atoms with Crippen LogP contribution in [0.5, 0.6) is 0 Å². The molecule has 1 heteroatoms. The van der Waals surface area contributed by atoms with E-state index >= 15 is 0 Å². The van der Waals surface area contributed by atoms with Crippen LogP contribution < -0.4 is 0 Å². The molecule has 0 aliphatic heterocycles. The van der Waals surface area contributed by atoms with E-state index in [0.717, 1.165) is 18.4 Å². The molecule has 2 rings (SSSR count). The van der Waals surface area contributed by atoms with Crippen molar-refractivity contribution in [2.45, 2.75) is 47.5 Å². The fourth-order valence-corrected chi connectivity index (χ4v) is 3.19. The van der Waals surface area contributed by atoms with E-state index in [1.165, 1.54) is 5.56 Å². The molecule has 1 aromatic carbocycles. The van der Waals surface area contributed by atoms with E-state index in [1.54, 1.807) is 0 Å².